The second-order valence-corrected chi connectivity index (χ2v) is 9.46. The van der Waals surface area contributed by atoms with Gasteiger partial charge in [0.1, 0.15) is 0 Å². The summed E-state index contributed by atoms with van der Waals surface area (Å²) in [6.07, 6.45) is 10.6. The summed E-state index contributed by atoms with van der Waals surface area (Å²) in [5.41, 5.74) is 0. The van der Waals surface area contributed by atoms with Gasteiger partial charge in [-0.25, -0.2) is 0 Å². The Balaban J connectivity index is 3.62. The van der Waals surface area contributed by atoms with Gasteiger partial charge in [-0.2, -0.15) is 30.7 Å². The van der Waals surface area contributed by atoms with Gasteiger partial charge in [0.2, 0.25) is 0 Å². The number of alkyl halides is 7. The number of carbonyl (C=O) groups excluding carboxylic acids is 2. The van der Waals surface area contributed by atoms with Crippen LogP contribution in [0.25, 0.3) is 0 Å². The molecule has 0 unspecified atom stereocenters. The van der Waals surface area contributed by atoms with Gasteiger partial charge in [0, 0.05) is 12.8 Å². The number of esters is 2. The lowest BCUT2D eigenvalue weighted by molar-refractivity contribution is -0.359. The van der Waals surface area contributed by atoms with Crippen LogP contribution in [0.3, 0.4) is 0 Å². The number of ether oxygens (including phenoxy) is 2. The van der Waals surface area contributed by atoms with Crippen LogP contribution >= 0.6 is 0 Å². The molecule has 0 amide bonds. The third-order valence-electron chi connectivity index (χ3n) is 6.00. The van der Waals surface area contributed by atoms with E-state index in [-0.39, 0.29) is 19.4 Å². The van der Waals surface area contributed by atoms with Gasteiger partial charge in [-0.05, 0) is 12.8 Å². The Morgan fingerprint density at radius 3 is 1.32 bits per heavy atom. The van der Waals surface area contributed by atoms with Crippen LogP contribution in [0.5, 0.6) is 0 Å². The smallest absolute Gasteiger partial charge is 0.460 e. The molecule has 11 heteroatoms. The molecule has 0 radical (unpaired) electrons. The molecular weight excluding hydrogens is 509 g/mol. The van der Waals surface area contributed by atoms with Gasteiger partial charge in [-0.15, -0.1) is 0 Å². The number of unbranched alkanes of at least 4 members (excludes halogenated alkanes) is 14. The maximum absolute atomic E-state index is 13.1. The molecule has 0 aliphatic carbocycles. The highest BCUT2D eigenvalue weighted by Gasteiger charge is 2.73. The molecule has 0 bridgehead atoms. The van der Waals surface area contributed by atoms with Crippen molar-refractivity contribution in [2.75, 3.05) is 13.2 Å². The van der Waals surface area contributed by atoms with Crippen LogP contribution in [-0.2, 0) is 19.1 Å². The Labute approximate surface area is 216 Å². The first-order chi connectivity index (χ1) is 17.3. The number of carbonyl (C=O) groups is 2. The van der Waals surface area contributed by atoms with Crippen molar-refractivity contribution >= 4 is 11.9 Å². The Morgan fingerprint density at radius 2 is 0.919 bits per heavy atom. The predicted octanol–water partition coefficient (Wildman–Crippen LogP) is 8.95. The minimum absolute atomic E-state index is 0.169. The number of rotatable bonds is 23. The van der Waals surface area contributed by atoms with Crippen molar-refractivity contribution in [2.45, 2.75) is 141 Å². The van der Waals surface area contributed by atoms with Crippen LogP contribution in [0.4, 0.5) is 30.7 Å². The fourth-order valence-electron chi connectivity index (χ4n) is 3.65. The van der Waals surface area contributed by atoms with E-state index in [0.29, 0.717) is 6.42 Å². The number of hydrogen-bond donors (Lipinski definition) is 0. The second-order valence-electron chi connectivity index (χ2n) is 9.46. The molecule has 0 aromatic carbocycles. The van der Waals surface area contributed by atoms with Crippen molar-refractivity contribution in [2.24, 2.45) is 0 Å². The first-order valence-corrected chi connectivity index (χ1v) is 13.5. The minimum atomic E-state index is -6.49. The maximum Gasteiger partial charge on any atom is 0.460 e. The van der Waals surface area contributed by atoms with Crippen molar-refractivity contribution in [3.05, 3.63) is 0 Å². The van der Waals surface area contributed by atoms with E-state index in [1.54, 1.807) is 0 Å². The molecule has 0 heterocycles. The fraction of sp³-hybridized carbons (Fsp3) is 0.923. The van der Waals surface area contributed by atoms with E-state index in [0.717, 1.165) is 19.3 Å². The lowest BCUT2D eigenvalue weighted by atomic mass is 10.0. The molecule has 0 aliphatic rings. The normalized spacial score (nSPS) is 12.5. The van der Waals surface area contributed by atoms with Gasteiger partial charge in [0.25, 0.3) is 0 Å². The number of hydrogen-bond acceptors (Lipinski definition) is 4. The molecule has 0 rings (SSSR count). The fourth-order valence-corrected chi connectivity index (χ4v) is 3.65. The van der Waals surface area contributed by atoms with E-state index in [1.807, 2.05) is 0 Å². The van der Waals surface area contributed by atoms with Gasteiger partial charge in [-0.3, -0.25) is 9.59 Å². The van der Waals surface area contributed by atoms with Crippen LogP contribution in [0, 0.1) is 0 Å². The van der Waals surface area contributed by atoms with Gasteiger partial charge in [0.15, 0.2) is 6.61 Å². The van der Waals surface area contributed by atoms with E-state index < -0.39 is 43.0 Å². The highest BCUT2D eigenvalue weighted by atomic mass is 19.4. The lowest BCUT2D eigenvalue weighted by Crippen LogP contribution is -2.54. The van der Waals surface area contributed by atoms with Crippen molar-refractivity contribution in [3.8, 4) is 0 Å². The molecular formula is C26H43F7O4. The zero-order chi connectivity index (χ0) is 28.2. The molecule has 0 saturated carbocycles. The van der Waals surface area contributed by atoms with Crippen LogP contribution in [0.1, 0.15) is 122 Å². The van der Waals surface area contributed by atoms with Crippen LogP contribution in [0.15, 0.2) is 0 Å². The highest BCUT2D eigenvalue weighted by Crippen LogP contribution is 2.46. The summed E-state index contributed by atoms with van der Waals surface area (Å²) in [7, 11) is 0. The second kappa shape index (κ2) is 19.5. The molecule has 220 valence electrons. The minimum Gasteiger partial charge on any atom is -0.466 e. The van der Waals surface area contributed by atoms with Crippen molar-refractivity contribution in [1.29, 1.82) is 0 Å². The zero-order valence-electron chi connectivity index (χ0n) is 21.9. The molecule has 0 fully saturated rings. The van der Waals surface area contributed by atoms with E-state index in [2.05, 4.69) is 11.7 Å². The molecule has 4 nitrogen and oxygen atoms in total. The highest BCUT2D eigenvalue weighted by molar-refractivity contribution is 5.72. The molecule has 37 heavy (non-hydrogen) atoms. The monoisotopic (exact) mass is 552 g/mol. The average Bonchev–Trinajstić information content (AvgIpc) is 2.81. The summed E-state index contributed by atoms with van der Waals surface area (Å²) in [4.78, 5) is 22.9. The standard InChI is InChI=1S/C26H43F7O4/c1-2-3-4-5-6-7-8-9-10-11-12-13-14-15-16-20-36-22(34)18-17-19-23(35)37-21-24(27,28)25(29,30)26(31,32)33/h2-21H2,1H3. The first kappa shape index (κ1) is 35.5. The molecule has 0 aliphatic heterocycles. The first-order valence-electron chi connectivity index (χ1n) is 13.5. The largest absolute Gasteiger partial charge is 0.466 e. The van der Waals surface area contributed by atoms with Crippen molar-refractivity contribution in [3.63, 3.8) is 0 Å². The van der Waals surface area contributed by atoms with Crippen LogP contribution in [-0.4, -0.2) is 43.2 Å². The summed E-state index contributed by atoms with van der Waals surface area (Å²) in [5.74, 6) is -14.0. The summed E-state index contributed by atoms with van der Waals surface area (Å²) in [6.45, 7) is 0.0151. The van der Waals surface area contributed by atoms with E-state index >= 15 is 0 Å². The van der Waals surface area contributed by atoms with E-state index in [9.17, 15) is 40.3 Å². The summed E-state index contributed by atoms with van der Waals surface area (Å²) < 4.78 is 96.5. The lowest BCUT2D eigenvalue weighted by Gasteiger charge is -2.27. The zero-order valence-corrected chi connectivity index (χ0v) is 21.9. The Morgan fingerprint density at radius 1 is 0.541 bits per heavy atom. The third-order valence-corrected chi connectivity index (χ3v) is 6.00. The molecule has 0 atom stereocenters. The van der Waals surface area contributed by atoms with Crippen LogP contribution in [0.2, 0.25) is 0 Å². The van der Waals surface area contributed by atoms with Crippen LogP contribution < -0.4 is 0 Å². The van der Waals surface area contributed by atoms with Gasteiger partial charge in [-0.1, -0.05) is 96.8 Å². The third kappa shape index (κ3) is 16.8. The van der Waals surface area contributed by atoms with Crippen molar-refractivity contribution in [1.82, 2.24) is 0 Å². The molecule has 0 aromatic heterocycles. The summed E-state index contributed by atoms with van der Waals surface area (Å²) in [6, 6.07) is 0. The average molecular weight is 553 g/mol. The molecule has 0 saturated heterocycles. The van der Waals surface area contributed by atoms with E-state index in [1.165, 1.54) is 70.6 Å². The maximum atomic E-state index is 13.1. The Kier molecular flexibility index (Phi) is 18.7. The molecule has 0 aromatic rings. The van der Waals surface area contributed by atoms with Gasteiger partial charge >= 0.3 is 30.0 Å². The predicted molar refractivity (Wildman–Crippen MR) is 127 cm³/mol. The molecule has 0 N–H and O–H groups in total. The van der Waals surface area contributed by atoms with E-state index in [4.69, 9.17) is 4.74 Å². The van der Waals surface area contributed by atoms with Gasteiger partial charge < -0.3 is 9.47 Å². The van der Waals surface area contributed by atoms with Crippen molar-refractivity contribution < 1.29 is 49.8 Å². The summed E-state index contributed by atoms with van der Waals surface area (Å²) in [5, 5.41) is 0. The quantitative estimate of drug-likeness (QED) is 0.0721. The van der Waals surface area contributed by atoms with Gasteiger partial charge in [0.05, 0.1) is 6.61 Å². The Bertz CT molecular complexity index is 610. The molecule has 0 spiro atoms. The SMILES string of the molecule is CCCCCCCCCCCCCCCCCOC(=O)CCCC(=O)OCC(F)(F)C(F)(F)C(F)(F)F. The topological polar surface area (TPSA) is 52.6 Å². The Hall–Kier alpha value is -1.55. The summed E-state index contributed by atoms with van der Waals surface area (Å²) >= 11 is 0. The number of halogens is 7.